The lowest BCUT2D eigenvalue weighted by Crippen LogP contribution is -2.15. The Labute approximate surface area is 75.0 Å². The fraction of sp³-hybridized carbons (Fsp3) is 0.167. The smallest absolute Gasteiger partial charge is 0.206 e. The van der Waals surface area contributed by atoms with Gasteiger partial charge < -0.3 is 0 Å². The van der Waals surface area contributed by atoms with Crippen molar-refractivity contribution in [1.29, 1.82) is 0 Å². The summed E-state index contributed by atoms with van der Waals surface area (Å²) in [6, 6.07) is 3.71. The molecule has 12 heavy (non-hydrogen) atoms. The first-order valence-electron chi connectivity index (χ1n) is 3.11. The Bertz CT molecular complexity index is 353. The van der Waals surface area contributed by atoms with Crippen molar-refractivity contribution in [3.8, 4) is 0 Å². The topological polar surface area (TPSA) is 58.5 Å². The zero-order chi connectivity index (χ0) is 9.03. The number of nitrogens with zero attached hydrogens (tertiary/aromatic N) is 1. The summed E-state index contributed by atoms with van der Waals surface area (Å²) in [5.41, 5.74) is 0. The van der Waals surface area contributed by atoms with Crippen LogP contribution in [-0.2, 0) is 10.0 Å². The van der Waals surface area contributed by atoms with E-state index in [4.69, 9.17) is 0 Å². The van der Waals surface area contributed by atoms with E-state index in [9.17, 15) is 8.42 Å². The third-order valence-electron chi connectivity index (χ3n) is 0.954. The molecule has 6 heteroatoms. The van der Waals surface area contributed by atoms with Crippen molar-refractivity contribution < 1.29 is 8.42 Å². The molecular weight excluding hydrogens is 196 g/mol. The maximum atomic E-state index is 10.5. The number of hydrazone groups is 1. The van der Waals surface area contributed by atoms with Gasteiger partial charge in [-0.1, -0.05) is 6.07 Å². The van der Waals surface area contributed by atoms with Crippen LogP contribution >= 0.6 is 11.3 Å². The summed E-state index contributed by atoms with van der Waals surface area (Å²) in [6.45, 7) is 0. The van der Waals surface area contributed by atoms with Crippen molar-refractivity contribution in [2.75, 3.05) is 6.26 Å². The molecule has 0 amide bonds. The van der Waals surface area contributed by atoms with Gasteiger partial charge in [0, 0.05) is 4.88 Å². The van der Waals surface area contributed by atoms with Crippen LogP contribution in [0.2, 0.25) is 0 Å². The molecule has 0 aromatic carbocycles. The largest absolute Gasteiger partial charge is 0.244 e. The number of hydrogen-bond acceptors (Lipinski definition) is 4. The predicted molar refractivity (Wildman–Crippen MR) is 49.9 cm³/mol. The fourth-order valence-electron chi connectivity index (χ4n) is 0.550. The van der Waals surface area contributed by atoms with Crippen LogP contribution in [-0.4, -0.2) is 20.9 Å². The van der Waals surface area contributed by atoms with Crippen LogP contribution < -0.4 is 4.83 Å². The van der Waals surface area contributed by atoms with Gasteiger partial charge in [-0.15, -0.1) is 11.3 Å². The highest BCUT2D eigenvalue weighted by molar-refractivity contribution is 7.88. The molecule has 0 saturated heterocycles. The van der Waals surface area contributed by atoms with Crippen molar-refractivity contribution in [3.05, 3.63) is 22.4 Å². The molecule has 1 aromatic heterocycles. The molecule has 1 aromatic rings. The second-order valence-corrected chi connectivity index (χ2v) is 4.84. The molecule has 0 bridgehead atoms. The fourth-order valence-corrected chi connectivity index (χ4v) is 1.38. The number of hydrogen-bond donors (Lipinski definition) is 1. The summed E-state index contributed by atoms with van der Waals surface area (Å²) in [5, 5.41) is 5.42. The lowest BCUT2D eigenvalue weighted by Gasteiger charge is -1.92. The number of thiophene rings is 1. The van der Waals surface area contributed by atoms with Crippen LogP contribution in [0, 0.1) is 0 Å². The van der Waals surface area contributed by atoms with Crippen LogP contribution in [0.5, 0.6) is 0 Å². The maximum absolute atomic E-state index is 10.5. The summed E-state index contributed by atoms with van der Waals surface area (Å²) in [7, 11) is -3.22. The number of rotatable bonds is 3. The Morgan fingerprint density at radius 3 is 2.92 bits per heavy atom. The zero-order valence-electron chi connectivity index (χ0n) is 6.39. The molecule has 1 rings (SSSR count). The van der Waals surface area contributed by atoms with Gasteiger partial charge in [0.05, 0.1) is 12.5 Å². The highest BCUT2D eigenvalue weighted by Crippen LogP contribution is 2.03. The van der Waals surface area contributed by atoms with E-state index < -0.39 is 10.0 Å². The maximum Gasteiger partial charge on any atom is 0.244 e. The van der Waals surface area contributed by atoms with E-state index in [0.29, 0.717) is 0 Å². The van der Waals surface area contributed by atoms with Gasteiger partial charge in [0.2, 0.25) is 10.0 Å². The van der Waals surface area contributed by atoms with Gasteiger partial charge in [0.15, 0.2) is 0 Å². The molecule has 66 valence electrons. The highest BCUT2D eigenvalue weighted by Gasteiger charge is 1.94. The molecule has 1 N–H and O–H groups in total. The van der Waals surface area contributed by atoms with Gasteiger partial charge in [-0.2, -0.15) is 5.10 Å². The normalized spacial score (nSPS) is 12.1. The molecule has 0 unspecified atom stereocenters. The molecule has 0 radical (unpaired) electrons. The molecule has 0 aliphatic rings. The summed E-state index contributed by atoms with van der Waals surface area (Å²) >= 11 is 1.49. The monoisotopic (exact) mass is 204 g/mol. The van der Waals surface area contributed by atoms with Gasteiger partial charge in [0.25, 0.3) is 0 Å². The van der Waals surface area contributed by atoms with Gasteiger partial charge in [-0.3, -0.25) is 0 Å². The van der Waals surface area contributed by atoms with Crippen LogP contribution in [0.4, 0.5) is 0 Å². The average Bonchev–Trinajstić information content (AvgIpc) is 2.36. The van der Waals surface area contributed by atoms with Gasteiger partial charge >= 0.3 is 0 Å². The quantitative estimate of drug-likeness (QED) is 0.580. The summed E-state index contributed by atoms with van der Waals surface area (Å²) in [4.78, 5) is 2.92. The Morgan fingerprint density at radius 1 is 1.67 bits per heavy atom. The van der Waals surface area contributed by atoms with E-state index in [1.165, 1.54) is 17.6 Å². The highest BCUT2D eigenvalue weighted by atomic mass is 32.2. The van der Waals surface area contributed by atoms with Crippen molar-refractivity contribution in [2.24, 2.45) is 5.10 Å². The lowest BCUT2D eigenvalue weighted by molar-refractivity contribution is 0.591. The first-order chi connectivity index (χ1) is 5.58. The minimum Gasteiger partial charge on any atom is -0.206 e. The second kappa shape index (κ2) is 3.68. The summed E-state index contributed by atoms with van der Waals surface area (Å²) < 4.78 is 21.1. The van der Waals surface area contributed by atoms with Crippen LogP contribution in [0.3, 0.4) is 0 Å². The van der Waals surface area contributed by atoms with E-state index >= 15 is 0 Å². The Morgan fingerprint density at radius 2 is 2.42 bits per heavy atom. The van der Waals surface area contributed by atoms with E-state index in [0.717, 1.165) is 11.1 Å². The predicted octanol–water partition coefficient (Wildman–Crippen LogP) is 0.631. The summed E-state index contributed by atoms with van der Waals surface area (Å²) in [6.07, 6.45) is 2.52. The Kier molecular flexibility index (Phi) is 2.83. The van der Waals surface area contributed by atoms with E-state index in [2.05, 4.69) is 5.10 Å². The SMILES string of the molecule is CS(=O)(=O)NN=Cc1cccs1. The minimum absolute atomic E-state index is 0.908. The van der Waals surface area contributed by atoms with E-state index in [1.807, 2.05) is 22.3 Å². The lowest BCUT2D eigenvalue weighted by atomic mass is 10.5. The van der Waals surface area contributed by atoms with Crippen LogP contribution in [0.25, 0.3) is 0 Å². The van der Waals surface area contributed by atoms with Crippen molar-refractivity contribution in [3.63, 3.8) is 0 Å². The number of nitrogens with one attached hydrogen (secondary N) is 1. The molecule has 1 heterocycles. The Balaban J connectivity index is 2.54. The van der Waals surface area contributed by atoms with Crippen LogP contribution in [0.15, 0.2) is 22.6 Å². The molecule has 0 atom stereocenters. The Hall–Kier alpha value is -0.880. The first kappa shape index (κ1) is 9.21. The molecule has 4 nitrogen and oxygen atoms in total. The minimum atomic E-state index is -3.22. The first-order valence-corrected chi connectivity index (χ1v) is 5.88. The van der Waals surface area contributed by atoms with Gasteiger partial charge in [0.1, 0.15) is 0 Å². The van der Waals surface area contributed by atoms with Crippen molar-refractivity contribution in [2.45, 2.75) is 0 Å². The zero-order valence-corrected chi connectivity index (χ0v) is 8.02. The molecule has 0 spiro atoms. The molecule has 0 aliphatic heterocycles. The van der Waals surface area contributed by atoms with Crippen LogP contribution in [0.1, 0.15) is 4.88 Å². The van der Waals surface area contributed by atoms with Gasteiger partial charge in [-0.05, 0) is 11.4 Å². The summed E-state index contributed by atoms with van der Waals surface area (Å²) in [5.74, 6) is 0. The standard InChI is InChI=1S/C6H8N2O2S2/c1-12(9,10)8-7-5-6-3-2-4-11-6/h2-5,8H,1H3. The molecule has 0 fully saturated rings. The average molecular weight is 204 g/mol. The second-order valence-electron chi connectivity index (χ2n) is 2.14. The molecule has 0 aliphatic carbocycles. The third-order valence-corrected chi connectivity index (χ3v) is 2.20. The third kappa shape index (κ3) is 3.49. The van der Waals surface area contributed by atoms with E-state index in [-0.39, 0.29) is 0 Å². The van der Waals surface area contributed by atoms with Crippen molar-refractivity contribution >= 4 is 27.6 Å². The van der Waals surface area contributed by atoms with E-state index in [1.54, 1.807) is 0 Å². The van der Waals surface area contributed by atoms with Crippen molar-refractivity contribution in [1.82, 2.24) is 4.83 Å². The number of sulfonamides is 1. The van der Waals surface area contributed by atoms with Gasteiger partial charge in [-0.25, -0.2) is 13.2 Å². The molecule has 0 saturated carbocycles. The molecular formula is C6H8N2O2S2.